The van der Waals surface area contributed by atoms with Gasteiger partial charge in [0.25, 0.3) is 0 Å². The SMILES string of the molecule is CN(c1ccc(-c2ccc(-n3ccnc3)cc2O)nn1)[C@@H]1C[C@@]2(C)CC[C@@](C)([C@H]1F)N2C. The zero-order valence-corrected chi connectivity index (χ0v) is 18.9. The van der Waals surface area contributed by atoms with Crippen molar-refractivity contribution in [2.75, 3.05) is 19.0 Å². The van der Waals surface area contributed by atoms with Crippen LogP contribution in [0, 0.1) is 0 Å². The second kappa shape index (κ2) is 7.27. The summed E-state index contributed by atoms with van der Waals surface area (Å²) in [7, 11) is 3.95. The van der Waals surface area contributed by atoms with Crippen LogP contribution in [0.2, 0.25) is 0 Å². The number of rotatable bonds is 4. The maximum Gasteiger partial charge on any atom is 0.151 e. The zero-order valence-electron chi connectivity index (χ0n) is 18.9. The molecule has 168 valence electrons. The molecule has 2 bridgehead atoms. The van der Waals surface area contributed by atoms with Crippen molar-refractivity contribution in [1.29, 1.82) is 0 Å². The highest BCUT2D eigenvalue weighted by Crippen LogP contribution is 2.51. The molecule has 7 nitrogen and oxygen atoms in total. The molecule has 2 aliphatic rings. The molecule has 4 atom stereocenters. The van der Waals surface area contributed by atoms with Crippen molar-refractivity contribution in [3.63, 3.8) is 0 Å². The average molecular weight is 437 g/mol. The molecule has 32 heavy (non-hydrogen) atoms. The van der Waals surface area contributed by atoms with Crippen molar-refractivity contribution in [1.82, 2.24) is 24.6 Å². The Hall–Kier alpha value is -3.00. The van der Waals surface area contributed by atoms with Crippen LogP contribution in [-0.2, 0) is 0 Å². The van der Waals surface area contributed by atoms with E-state index in [0.717, 1.165) is 24.9 Å². The number of benzene rings is 1. The second-order valence-corrected chi connectivity index (χ2v) is 9.65. The Bertz CT molecular complexity index is 1120. The van der Waals surface area contributed by atoms with E-state index in [4.69, 9.17) is 0 Å². The molecule has 0 amide bonds. The molecular weight excluding hydrogens is 407 g/mol. The number of fused-ring (bicyclic) bond motifs is 2. The van der Waals surface area contributed by atoms with Crippen LogP contribution in [0.5, 0.6) is 5.75 Å². The first-order valence-electron chi connectivity index (χ1n) is 11.0. The molecule has 0 radical (unpaired) electrons. The summed E-state index contributed by atoms with van der Waals surface area (Å²) < 4.78 is 17.5. The lowest BCUT2D eigenvalue weighted by atomic mass is 9.80. The van der Waals surface area contributed by atoms with Gasteiger partial charge in [-0.2, -0.15) is 0 Å². The van der Waals surface area contributed by atoms with Crippen LogP contribution < -0.4 is 4.90 Å². The minimum Gasteiger partial charge on any atom is -0.507 e. The smallest absolute Gasteiger partial charge is 0.151 e. The van der Waals surface area contributed by atoms with Gasteiger partial charge in [0.2, 0.25) is 0 Å². The summed E-state index contributed by atoms with van der Waals surface area (Å²) in [6, 6.07) is 8.79. The summed E-state index contributed by atoms with van der Waals surface area (Å²) in [5, 5.41) is 19.3. The monoisotopic (exact) mass is 436 g/mol. The van der Waals surface area contributed by atoms with Crippen LogP contribution in [0.15, 0.2) is 49.1 Å². The fourth-order valence-corrected chi connectivity index (χ4v) is 5.47. The van der Waals surface area contributed by atoms with E-state index < -0.39 is 11.7 Å². The number of nitrogens with zero attached hydrogens (tertiary/aromatic N) is 6. The van der Waals surface area contributed by atoms with Gasteiger partial charge in [-0.3, -0.25) is 4.90 Å². The summed E-state index contributed by atoms with van der Waals surface area (Å²) in [6.45, 7) is 4.27. The average Bonchev–Trinajstić information content (AvgIpc) is 3.39. The molecule has 0 spiro atoms. The molecule has 0 saturated carbocycles. The lowest BCUT2D eigenvalue weighted by Crippen LogP contribution is -2.66. The van der Waals surface area contributed by atoms with Crippen LogP contribution in [-0.4, -0.2) is 67.1 Å². The number of hydrogen-bond acceptors (Lipinski definition) is 6. The normalized spacial score (nSPS) is 29.9. The number of aromatic nitrogens is 4. The fourth-order valence-electron chi connectivity index (χ4n) is 5.47. The maximum absolute atomic E-state index is 15.7. The van der Waals surface area contributed by atoms with E-state index in [1.54, 1.807) is 18.6 Å². The summed E-state index contributed by atoms with van der Waals surface area (Å²) >= 11 is 0. The number of halogens is 1. The Labute approximate surface area is 187 Å². The summed E-state index contributed by atoms with van der Waals surface area (Å²) in [5.41, 5.74) is 1.50. The molecule has 2 aliphatic heterocycles. The van der Waals surface area contributed by atoms with Gasteiger partial charge in [0.15, 0.2) is 5.82 Å². The van der Waals surface area contributed by atoms with Crippen LogP contribution in [0.25, 0.3) is 16.9 Å². The number of piperidine rings is 1. The topological polar surface area (TPSA) is 70.3 Å². The van der Waals surface area contributed by atoms with Crippen LogP contribution in [0.3, 0.4) is 0 Å². The molecule has 0 unspecified atom stereocenters. The van der Waals surface area contributed by atoms with E-state index >= 15 is 4.39 Å². The van der Waals surface area contributed by atoms with Crippen molar-refractivity contribution in [2.45, 2.75) is 56.4 Å². The summed E-state index contributed by atoms with van der Waals surface area (Å²) in [5.74, 6) is 0.746. The third kappa shape index (κ3) is 3.08. The molecular formula is C24H29FN6O. The molecule has 2 saturated heterocycles. The maximum atomic E-state index is 15.7. The fraction of sp³-hybridized carbons (Fsp3) is 0.458. The van der Waals surface area contributed by atoms with Gasteiger partial charge in [0.1, 0.15) is 11.9 Å². The Kier molecular flexibility index (Phi) is 4.74. The van der Waals surface area contributed by atoms with Gasteiger partial charge in [-0.25, -0.2) is 9.37 Å². The van der Waals surface area contributed by atoms with E-state index in [1.165, 1.54) is 0 Å². The molecule has 0 aliphatic carbocycles. The number of alkyl halides is 1. The van der Waals surface area contributed by atoms with Gasteiger partial charge in [0.05, 0.1) is 29.3 Å². The highest BCUT2D eigenvalue weighted by molar-refractivity contribution is 5.69. The first kappa shape index (κ1) is 20.9. The Morgan fingerprint density at radius 2 is 1.97 bits per heavy atom. The lowest BCUT2D eigenvalue weighted by Gasteiger charge is -2.53. The quantitative estimate of drug-likeness (QED) is 0.670. The van der Waals surface area contributed by atoms with E-state index in [0.29, 0.717) is 17.1 Å². The molecule has 3 aromatic rings. The predicted molar refractivity (Wildman–Crippen MR) is 122 cm³/mol. The van der Waals surface area contributed by atoms with E-state index in [-0.39, 0.29) is 17.3 Å². The first-order chi connectivity index (χ1) is 15.2. The number of phenols is 1. The lowest BCUT2D eigenvalue weighted by molar-refractivity contribution is -0.0359. The number of aromatic hydroxyl groups is 1. The molecule has 4 heterocycles. The van der Waals surface area contributed by atoms with Gasteiger partial charge in [-0.05, 0) is 64.4 Å². The third-order valence-electron chi connectivity index (χ3n) is 7.90. The minimum atomic E-state index is -0.977. The summed E-state index contributed by atoms with van der Waals surface area (Å²) in [6.07, 6.45) is 6.81. The molecule has 8 heteroatoms. The van der Waals surface area contributed by atoms with Crippen LogP contribution >= 0.6 is 0 Å². The predicted octanol–water partition coefficient (Wildman–Crippen LogP) is 3.82. The number of hydrogen-bond donors (Lipinski definition) is 1. The number of anilines is 1. The Balaban J connectivity index is 1.38. The van der Waals surface area contributed by atoms with Crippen molar-refractivity contribution in [2.24, 2.45) is 0 Å². The highest BCUT2D eigenvalue weighted by atomic mass is 19.1. The van der Waals surface area contributed by atoms with Gasteiger partial charge in [0, 0.05) is 36.6 Å². The number of phenolic OH excluding ortho intramolecular Hbond substituents is 1. The van der Waals surface area contributed by atoms with Crippen molar-refractivity contribution < 1.29 is 9.50 Å². The molecule has 1 aromatic carbocycles. The highest BCUT2D eigenvalue weighted by Gasteiger charge is 2.60. The zero-order chi connectivity index (χ0) is 22.7. The molecule has 2 fully saturated rings. The Morgan fingerprint density at radius 1 is 1.16 bits per heavy atom. The Morgan fingerprint density at radius 3 is 2.62 bits per heavy atom. The van der Waals surface area contributed by atoms with Gasteiger partial charge >= 0.3 is 0 Å². The van der Waals surface area contributed by atoms with E-state index in [9.17, 15) is 5.11 Å². The second-order valence-electron chi connectivity index (χ2n) is 9.65. The van der Waals surface area contributed by atoms with Crippen molar-refractivity contribution in [3.05, 3.63) is 49.1 Å². The molecule has 5 rings (SSSR count). The van der Waals surface area contributed by atoms with Gasteiger partial charge in [-0.15, -0.1) is 10.2 Å². The van der Waals surface area contributed by atoms with Crippen molar-refractivity contribution >= 4 is 5.82 Å². The summed E-state index contributed by atoms with van der Waals surface area (Å²) in [4.78, 5) is 8.19. The van der Waals surface area contributed by atoms with E-state index in [2.05, 4.69) is 34.1 Å². The third-order valence-corrected chi connectivity index (χ3v) is 7.90. The number of imidazole rings is 1. The standard InChI is InChI=1S/C24H29FN6O/c1-23-9-10-24(2,30(23)4)22(25)19(14-23)29(3)21-8-7-18(27-28-21)17-6-5-16(13-20(17)32)31-12-11-26-15-31/h5-8,11-13,15,19,22,32H,9-10,14H2,1-4H3/t19-,22+,23-,24+/m1/s1. The first-order valence-corrected chi connectivity index (χ1v) is 11.0. The molecule has 1 N–H and O–H groups in total. The van der Waals surface area contributed by atoms with Crippen LogP contribution in [0.4, 0.5) is 10.2 Å². The minimum absolute atomic E-state index is 0.00753. The molecule has 2 aromatic heterocycles. The van der Waals surface area contributed by atoms with Gasteiger partial charge in [-0.1, -0.05) is 0 Å². The van der Waals surface area contributed by atoms with E-state index in [1.807, 2.05) is 53.9 Å². The largest absolute Gasteiger partial charge is 0.507 e. The van der Waals surface area contributed by atoms with Crippen LogP contribution in [0.1, 0.15) is 33.1 Å². The van der Waals surface area contributed by atoms with Crippen molar-refractivity contribution in [3.8, 4) is 22.7 Å². The van der Waals surface area contributed by atoms with Gasteiger partial charge < -0.3 is 14.6 Å².